The van der Waals surface area contributed by atoms with E-state index >= 15 is 0 Å². The summed E-state index contributed by atoms with van der Waals surface area (Å²) in [6, 6.07) is 4.07. The molecular formula is C12H14N2O2S2. The molecule has 0 radical (unpaired) electrons. The van der Waals surface area contributed by atoms with E-state index in [-0.39, 0.29) is 6.42 Å². The Hall–Kier alpha value is -1.24. The number of rotatable bonds is 6. The van der Waals surface area contributed by atoms with Gasteiger partial charge in [-0.2, -0.15) is 0 Å². The molecule has 0 atom stereocenters. The van der Waals surface area contributed by atoms with Crippen molar-refractivity contribution >= 4 is 28.6 Å². The molecular weight excluding hydrogens is 268 g/mol. The highest BCUT2D eigenvalue weighted by Crippen LogP contribution is 2.27. The van der Waals surface area contributed by atoms with Crippen LogP contribution in [0.15, 0.2) is 22.9 Å². The Labute approximate surface area is 114 Å². The molecule has 0 aliphatic rings. The monoisotopic (exact) mass is 282 g/mol. The number of carboxylic acid groups (broad SMARTS) is 1. The maximum Gasteiger partial charge on any atom is 0.304 e. The van der Waals surface area contributed by atoms with Crippen molar-refractivity contribution in [3.8, 4) is 9.88 Å². The first-order chi connectivity index (χ1) is 8.65. The number of aliphatic carboxylic acids is 1. The molecule has 0 aromatic carbocycles. The van der Waals surface area contributed by atoms with E-state index in [0.29, 0.717) is 13.1 Å². The van der Waals surface area contributed by atoms with Gasteiger partial charge in [0.25, 0.3) is 0 Å². The van der Waals surface area contributed by atoms with Crippen molar-refractivity contribution in [1.29, 1.82) is 0 Å². The number of hydrogen-bond acceptors (Lipinski definition) is 5. The van der Waals surface area contributed by atoms with E-state index in [1.54, 1.807) is 22.7 Å². The minimum Gasteiger partial charge on any atom is -0.481 e. The summed E-state index contributed by atoms with van der Waals surface area (Å²) in [7, 11) is 1.91. The molecule has 6 heteroatoms. The Balaban J connectivity index is 1.92. The molecule has 0 aliphatic carbocycles. The molecule has 0 fully saturated rings. The number of aromatic nitrogens is 1. The van der Waals surface area contributed by atoms with Gasteiger partial charge in [0.05, 0.1) is 17.0 Å². The van der Waals surface area contributed by atoms with Crippen LogP contribution >= 0.6 is 22.7 Å². The van der Waals surface area contributed by atoms with Gasteiger partial charge in [-0.3, -0.25) is 9.69 Å². The van der Waals surface area contributed by atoms with Gasteiger partial charge in [-0.15, -0.1) is 22.7 Å². The Bertz CT molecular complexity index is 508. The zero-order chi connectivity index (χ0) is 13.0. The molecule has 2 aromatic heterocycles. The molecule has 96 valence electrons. The second kappa shape index (κ2) is 6.08. The Morgan fingerprint density at radius 1 is 1.50 bits per heavy atom. The van der Waals surface area contributed by atoms with Crippen LogP contribution in [0.25, 0.3) is 9.88 Å². The molecule has 0 unspecified atom stereocenters. The van der Waals surface area contributed by atoms with Gasteiger partial charge in [-0.1, -0.05) is 6.07 Å². The molecule has 0 bridgehead atoms. The smallest absolute Gasteiger partial charge is 0.304 e. The first-order valence-corrected chi connectivity index (χ1v) is 7.29. The fraction of sp³-hybridized carbons (Fsp3) is 0.333. The molecule has 0 aliphatic heterocycles. The van der Waals surface area contributed by atoms with E-state index < -0.39 is 5.97 Å². The Morgan fingerprint density at radius 3 is 3.00 bits per heavy atom. The van der Waals surface area contributed by atoms with Crippen molar-refractivity contribution < 1.29 is 9.90 Å². The predicted molar refractivity (Wildman–Crippen MR) is 74.0 cm³/mol. The minimum atomic E-state index is -0.764. The van der Waals surface area contributed by atoms with Crippen LogP contribution in [-0.4, -0.2) is 34.6 Å². The molecule has 18 heavy (non-hydrogen) atoms. The van der Waals surface area contributed by atoms with Gasteiger partial charge < -0.3 is 5.11 Å². The third-order valence-electron chi connectivity index (χ3n) is 2.42. The second-order valence-corrected chi connectivity index (χ2v) is 5.81. The number of thiazole rings is 1. The van der Waals surface area contributed by atoms with Crippen LogP contribution in [-0.2, 0) is 11.3 Å². The van der Waals surface area contributed by atoms with E-state index in [1.165, 1.54) is 4.88 Å². The summed E-state index contributed by atoms with van der Waals surface area (Å²) in [6.07, 6.45) is 0.165. The van der Waals surface area contributed by atoms with E-state index in [2.05, 4.69) is 11.1 Å². The average Bonchev–Trinajstić information content (AvgIpc) is 2.95. The van der Waals surface area contributed by atoms with Crippen LogP contribution in [0.1, 0.15) is 12.1 Å². The summed E-state index contributed by atoms with van der Waals surface area (Å²) >= 11 is 3.31. The highest BCUT2D eigenvalue weighted by atomic mass is 32.1. The molecule has 2 heterocycles. The van der Waals surface area contributed by atoms with Crippen LogP contribution in [0.4, 0.5) is 0 Å². The average molecular weight is 282 g/mol. The van der Waals surface area contributed by atoms with Crippen molar-refractivity contribution in [1.82, 2.24) is 9.88 Å². The Kier molecular flexibility index (Phi) is 4.46. The lowest BCUT2D eigenvalue weighted by molar-refractivity contribution is -0.137. The molecule has 2 rings (SSSR count). The van der Waals surface area contributed by atoms with Crippen LogP contribution in [0.3, 0.4) is 0 Å². The topological polar surface area (TPSA) is 53.4 Å². The van der Waals surface area contributed by atoms with Crippen LogP contribution in [0.2, 0.25) is 0 Å². The van der Waals surface area contributed by atoms with Gasteiger partial charge >= 0.3 is 5.97 Å². The summed E-state index contributed by atoms with van der Waals surface area (Å²) < 4.78 is 0. The normalized spacial score (nSPS) is 11.0. The molecule has 4 nitrogen and oxygen atoms in total. The van der Waals surface area contributed by atoms with Crippen LogP contribution < -0.4 is 0 Å². The second-order valence-electron chi connectivity index (χ2n) is 4.00. The fourth-order valence-electron chi connectivity index (χ4n) is 1.54. The quantitative estimate of drug-likeness (QED) is 0.885. The Morgan fingerprint density at radius 2 is 2.33 bits per heavy atom. The van der Waals surface area contributed by atoms with Gasteiger partial charge in [0.1, 0.15) is 5.01 Å². The SMILES string of the molecule is CN(CCC(=O)O)Cc1csc(-c2cccs2)n1. The predicted octanol–water partition coefficient (Wildman–Crippen LogP) is 2.78. The van der Waals surface area contributed by atoms with Gasteiger partial charge in [-0.05, 0) is 18.5 Å². The molecule has 1 N–H and O–H groups in total. The molecule has 2 aromatic rings. The zero-order valence-electron chi connectivity index (χ0n) is 10.00. The summed E-state index contributed by atoms with van der Waals surface area (Å²) in [5.41, 5.74) is 0.997. The van der Waals surface area contributed by atoms with Crippen molar-refractivity contribution in [3.63, 3.8) is 0 Å². The summed E-state index contributed by atoms with van der Waals surface area (Å²) in [4.78, 5) is 18.2. The van der Waals surface area contributed by atoms with Crippen molar-refractivity contribution in [2.24, 2.45) is 0 Å². The van der Waals surface area contributed by atoms with E-state index in [0.717, 1.165) is 10.7 Å². The van der Waals surface area contributed by atoms with Gasteiger partial charge in [0.15, 0.2) is 0 Å². The molecule has 0 spiro atoms. The lowest BCUT2D eigenvalue weighted by atomic mass is 10.3. The maximum atomic E-state index is 10.5. The largest absolute Gasteiger partial charge is 0.481 e. The zero-order valence-corrected chi connectivity index (χ0v) is 11.6. The lowest BCUT2D eigenvalue weighted by Crippen LogP contribution is -2.21. The highest BCUT2D eigenvalue weighted by molar-refractivity contribution is 7.20. The van der Waals surface area contributed by atoms with E-state index in [4.69, 9.17) is 5.11 Å². The number of nitrogens with zero attached hydrogens (tertiary/aromatic N) is 2. The third kappa shape index (κ3) is 3.63. The first-order valence-electron chi connectivity index (χ1n) is 5.54. The fourth-order valence-corrected chi connectivity index (χ4v) is 3.16. The molecule has 0 amide bonds. The van der Waals surface area contributed by atoms with Crippen molar-refractivity contribution in [2.45, 2.75) is 13.0 Å². The third-order valence-corrected chi connectivity index (χ3v) is 4.35. The number of thiophene rings is 1. The van der Waals surface area contributed by atoms with Crippen molar-refractivity contribution in [2.75, 3.05) is 13.6 Å². The number of carbonyl (C=O) groups is 1. The van der Waals surface area contributed by atoms with E-state index in [9.17, 15) is 4.79 Å². The van der Waals surface area contributed by atoms with E-state index in [1.807, 2.05) is 28.8 Å². The van der Waals surface area contributed by atoms with Gasteiger partial charge in [-0.25, -0.2) is 4.98 Å². The van der Waals surface area contributed by atoms with Crippen LogP contribution in [0, 0.1) is 0 Å². The minimum absolute atomic E-state index is 0.165. The maximum absolute atomic E-state index is 10.5. The van der Waals surface area contributed by atoms with Crippen molar-refractivity contribution in [3.05, 3.63) is 28.6 Å². The van der Waals surface area contributed by atoms with Crippen LogP contribution in [0.5, 0.6) is 0 Å². The molecule has 0 saturated heterocycles. The highest BCUT2D eigenvalue weighted by Gasteiger charge is 2.08. The summed E-state index contributed by atoms with van der Waals surface area (Å²) in [6.45, 7) is 1.23. The number of carboxylic acids is 1. The summed E-state index contributed by atoms with van der Waals surface area (Å²) in [5.74, 6) is -0.764. The summed E-state index contributed by atoms with van der Waals surface area (Å²) in [5, 5.41) is 13.7. The van der Waals surface area contributed by atoms with Gasteiger partial charge in [0, 0.05) is 18.5 Å². The standard InChI is InChI=1S/C12H14N2O2S2/c1-14(5-4-11(15)16)7-9-8-18-12(13-9)10-3-2-6-17-10/h2-3,6,8H,4-5,7H2,1H3,(H,15,16). The van der Waals surface area contributed by atoms with Gasteiger partial charge in [0.2, 0.25) is 0 Å². The lowest BCUT2D eigenvalue weighted by Gasteiger charge is -2.13. The first kappa shape index (κ1) is 13.2. The molecule has 0 saturated carbocycles. The number of hydrogen-bond donors (Lipinski definition) is 1.